The van der Waals surface area contributed by atoms with Crippen molar-refractivity contribution < 1.29 is 31.9 Å². The summed E-state index contributed by atoms with van der Waals surface area (Å²) in [7, 11) is -1.87. The van der Waals surface area contributed by atoms with Crippen LogP contribution in [0.1, 0.15) is 20.7 Å². The van der Waals surface area contributed by atoms with Crippen molar-refractivity contribution >= 4 is 33.3 Å². The molecular formula is C22H19FN2O6S. The molecule has 0 saturated carbocycles. The monoisotopic (exact) mass is 458 g/mol. The molecule has 0 aromatic heterocycles. The van der Waals surface area contributed by atoms with E-state index in [4.69, 9.17) is 4.74 Å². The van der Waals surface area contributed by atoms with Crippen LogP contribution < -0.4 is 14.8 Å². The Hall–Kier alpha value is -3.92. The number of methoxy groups -OCH3 is 2. The molecule has 0 aliphatic carbocycles. The SMILES string of the molecule is COC(=O)c1ccc(F)c(S(=O)(=O)Nc2ccccc2C(=O)Nc2cccc(OC)c2)c1. The van der Waals surface area contributed by atoms with E-state index < -0.39 is 32.6 Å². The van der Waals surface area contributed by atoms with E-state index in [1.165, 1.54) is 25.3 Å². The molecule has 0 radical (unpaired) electrons. The van der Waals surface area contributed by atoms with Crippen LogP contribution in [0, 0.1) is 5.82 Å². The maximum Gasteiger partial charge on any atom is 0.337 e. The summed E-state index contributed by atoms with van der Waals surface area (Å²) in [5, 5.41) is 2.65. The minimum atomic E-state index is -4.48. The zero-order valence-corrected chi connectivity index (χ0v) is 17.9. The predicted molar refractivity (Wildman–Crippen MR) is 116 cm³/mol. The Morgan fingerprint density at radius 1 is 0.938 bits per heavy atom. The summed E-state index contributed by atoms with van der Waals surface area (Å²) < 4.78 is 51.9. The van der Waals surface area contributed by atoms with Gasteiger partial charge in [0.05, 0.1) is 31.0 Å². The first kappa shape index (κ1) is 22.8. The Morgan fingerprint density at radius 2 is 1.69 bits per heavy atom. The van der Waals surface area contributed by atoms with E-state index in [0.29, 0.717) is 11.4 Å². The standard InChI is InChI=1S/C22H19FN2O6S/c1-30-16-7-5-6-15(13-16)24-21(26)17-8-3-4-9-19(17)25-32(28,29)20-12-14(22(27)31-2)10-11-18(20)23/h3-13,25H,1-2H3,(H,24,26). The number of carbonyl (C=O) groups excluding carboxylic acids is 2. The van der Waals surface area contributed by atoms with Crippen LogP contribution in [0.15, 0.2) is 71.6 Å². The van der Waals surface area contributed by atoms with Gasteiger partial charge in [-0.2, -0.15) is 0 Å². The highest BCUT2D eigenvalue weighted by Gasteiger charge is 2.24. The lowest BCUT2D eigenvalue weighted by Crippen LogP contribution is -2.20. The topological polar surface area (TPSA) is 111 Å². The van der Waals surface area contributed by atoms with Gasteiger partial charge in [-0.1, -0.05) is 18.2 Å². The average Bonchev–Trinajstić information content (AvgIpc) is 2.78. The van der Waals surface area contributed by atoms with Gasteiger partial charge < -0.3 is 14.8 Å². The molecule has 2 N–H and O–H groups in total. The lowest BCUT2D eigenvalue weighted by atomic mass is 10.1. The summed E-state index contributed by atoms with van der Waals surface area (Å²) in [6.07, 6.45) is 0. The number of hydrogen-bond acceptors (Lipinski definition) is 6. The normalized spacial score (nSPS) is 10.8. The predicted octanol–water partition coefficient (Wildman–Crippen LogP) is 3.67. The Morgan fingerprint density at radius 3 is 2.41 bits per heavy atom. The minimum absolute atomic E-state index is 0.00317. The highest BCUT2D eigenvalue weighted by atomic mass is 32.2. The van der Waals surface area contributed by atoms with Gasteiger partial charge in [0, 0.05) is 11.8 Å². The minimum Gasteiger partial charge on any atom is -0.497 e. The quantitative estimate of drug-likeness (QED) is 0.523. The second-order valence-electron chi connectivity index (χ2n) is 6.47. The van der Waals surface area contributed by atoms with E-state index >= 15 is 0 Å². The van der Waals surface area contributed by atoms with Crippen molar-refractivity contribution in [1.82, 2.24) is 0 Å². The molecule has 32 heavy (non-hydrogen) atoms. The Labute approximate surface area is 184 Å². The number of para-hydroxylation sites is 1. The van der Waals surface area contributed by atoms with Crippen LogP contribution in [-0.2, 0) is 14.8 Å². The number of sulfonamides is 1. The molecule has 3 aromatic rings. The maximum atomic E-state index is 14.3. The molecule has 8 nitrogen and oxygen atoms in total. The summed E-state index contributed by atoms with van der Waals surface area (Å²) in [5.74, 6) is -1.96. The fourth-order valence-corrected chi connectivity index (χ4v) is 4.01. The molecule has 10 heteroatoms. The van der Waals surface area contributed by atoms with Crippen molar-refractivity contribution in [2.24, 2.45) is 0 Å². The van der Waals surface area contributed by atoms with Crippen LogP contribution in [0.4, 0.5) is 15.8 Å². The van der Waals surface area contributed by atoms with Crippen molar-refractivity contribution in [1.29, 1.82) is 0 Å². The zero-order valence-electron chi connectivity index (χ0n) is 17.1. The third kappa shape index (κ3) is 5.03. The lowest BCUT2D eigenvalue weighted by molar-refractivity contribution is 0.0600. The lowest BCUT2D eigenvalue weighted by Gasteiger charge is -2.14. The molecule has 0 unspecified atom stereocenters. The summed E-state index contributed by atoms with van der Waals surface area (Å²) in [6, 6.07) is 15.3. The number of carbonyl (C=O) groups is 2. The molecule has 0 atom stereocenters. The zero-order chi connectivity index (χ0) is 23.3. The molecule has 0 heterocycles. The summed E-state index contributed by atoms with van der Waals surface area (Å²) in [6.45, 7) is 0. The highest BCUT2D eigenvalue weighted by molar-refractivity contribution is 7.92. The number of benzene rings is 3. The maximum absolute atomic E-state index is 14.3. The molecular weight excluding hydrogens is 439 g/mol. The van der Waals surface area contributed by atoms with Crippen molar-refractivity contribution in [2.75, 3.05) is 24.3 Å². The van der Waals surface area contributed by atoms with Gasteiger partial charge in [-0.3, -0.25) is 9.52 Å². The van der Waals surface area contributed by atoms with E-state index in [2.05, 4.69) is 14.8 Å². The van der Waals surface area contributed by atoms with Crippen molar-refractivity contribution in [3.05, 3.63) is 83.7 Å². The Bertz CT molecular complexity index is 1280. The first-order valence-electron chi connectivity index (χ1n) is 9.20. The Balaban J connectivity index is 1.92. The summed E-state index contributed by atoms with van der Waals surface area (Å²) in [4.78, 5) is 23.7. The second kappa shape index (κ2) is 9.48. The van der Waals surface area contributed by atoms with Gasteiger partial charge in [-0.25, -0.2) is 17.6 Å². The number of hydrogen-bond donors (Lipinski definition) is 2. The number of nitrogens with one attached hydrogen (secondary N) is 2. The van der Waals surface area contributed by atoms with Crippen molar-refractivity contribution in [2.45, 2.75) is 4.90 Å². The van der Waals surface area contributed by atoms with Crippen LogP contribution in [0.2, 0.25) is 0 Å². The molecule has 0 saturated heterocycles. The van der Waals surface area contributed by atoms with Crippen LogP contribution in [0.25, 0.3) is 0 Å². The smallest absolute Gasteiger partial charge is 0.337 e. The van der Waals surface area contributed by atoms with E-state index in [0.717, 1.165) is 25.3 Å². The number of ether oxygens (including phenoxy) is 2. The highest BCUT2D eigenvalue weighted by Crippen LogP contribution is 2.24. The molecule has 0 fully saturated rings. The number of rotatable bonds is 7. The van der Waals surface area contributed by atoms with Crippen molar-refractivity contribution in [3.63, 3.8) is 0 Å². The first-order chi connectivity index (χ1) is 15.2. The summed E-state index contributed by atoms with van der Waals surface area (Å²) in [5.41, 5.74) is 0.223. The van der Waals surface area contributed by atoms with Crippen LogP contribution in [0.3, 0.4) is 0 Å². The Kier molecular flexibility index (Phi) is 6.74. The molecule has 3 rings (SSSR count). The van der Waals surface area contributed by atoms with Gasteiger partial charge in [0.25, 0.3) is 15.9 Å². The van der Waals surface area contributed by atoms with Crippen LogP contribution in [0.5, 0.6) is 5.75 Å². The van der Waals surface area contributed by atoms with Gasteiger partial charge in [0.2, 0.25) is 0 Å². The first-order valence-corrected chi connectivity index (χ1v) is 10.7. The number of anilines is 2. The van der Waals surface area contributed by atoms with E-state index in [1.807, 2.05) is 0 Å². The average molecular weight is 458 g/mol. The van der Waals surface area contributed by atoms with Gasteiger partial charge >= 0.3 is 5.97 Å². The number of halogens is 1. The molecule has 0 bridgehead atoms. The third-order valence-electron chi connectivity index (χ3n) is 4.39. The second-order valence-corrected chi connectivity index (χ2v) is 8.12. The molecule has 1 amide bonds. The van der Waals surface area contributed by atoms with E-state index in [1.54, 1.807) is 30.3 Å². The van der Waals surface area contributed by atoms with Crippen LogP contribution in [-0.4, -0.2) is 34.5 Å². The largest absolute Gasteiger partial charge is 0.497 e. The fraction of sp³-hybridized carbons (Fsp3) is 0.0909. The third-order valence-corrected chi connectivity index (χ3v) is 5.77. The van der Waals surface area contributed by atoms with Crippen LogP contribution >= 0.6 is 0 Å². The molecule has 166 valence electrons. The van der Waals surface area contributed by atoms with Gasteiger partial charge in [-0.05, 0) is 42.5 Å². The van der Waals surface area contributed by atoms with E-state index in [-0.39, 0.29) is 16.8 Å². The van der Waals surface area contributed by atoms with Gasteiger partial charge in [0.1, 0.15) is 16.5 Å². The van der Waals surface area contributed by atoms with Gasteiger partial charge in [-0.15, -0.1) is 0 Å². The number of amides is 1. The summed E-state index contributed by atoms with van der Waals surface area (Å²) >= 11 is 0. The molecule has 0 spiro atoms. The van der Waals surface area contributed by atoms with E-state index in [9.17, 15) is 22.4 Å². The van der Waals surface area contributed by atoms with Gasteiger partial charge in [0.15, 0.2) is 0 Å². The number of esters is 1. The molecule has 0 aliphatic heterocycles. The molecule has 3 aromatic carbocycles. The molecule has 0 aliphatic rings. The fourth-order valence-electron chi connectivity index (χ4n) is 2.82. The van der Waals surface area contributed by atoms with Crippen molar-refractivity contribution in [3.8, 4) is 5.75 Å².